The number of sulfonamides is 1. The van der Waals surface area contributed by atoms with Gasteiger partial charge in [0.1, 0.15) is 4.21 Å². The van der Waals surface area contributed by atoms with Crippen molar-refractivity contribution in [1.29, 1.82) is 0 Å². The van der Waals surface area contributed by atoms with Gasteiger partial charge in [0.25, 0.3) is 10.0 Å². The molecule has 2 aromatic rings. The average Bonchev–Trinajstić information content (AvgIpc) is 3.42. The summed E-state index contributed by atoms with van der Waals surface area (Å²) in [4.78, 5) is 14.9. The number of hydrogen-bond donors (Lipinski definition) is 1. The van der Waals surface area contributed by atoms with Crippen LogP contribution in [-0.4, -0.2) is 51.4 Å². The number of amides is 1. The van der Waals surface area contributed by atoms with E-state index in [0.29, 0.717) is 36.7 Å². The number of nitrogens with one attached hydrogen (secondary N) is 1. The van der Waals surface area contributed by atoms with Crippen LogP contribution in [0.25, 0.3) is 0 Å². The van der Waals surface area contributed by atoms with Gasteiger partial charge in [-0.05, 0) is 48.8 Å². The van der Waals surface area contributed by atoms with Gasteiger partial charge in [-0.2, -0.15) is 4.31 Å². The number of carbonyl (C=O) groups excluding carboxylic acids is 1. The lowest BCUT2D eigenvalue weighted by atomic mass is 9.97. The summed E-state index contributed by atoms with van der Waals surface area (Å²) in [6.07, 6.45) is 3.16. The number of rotatable bonds is 7. The van der Waals surface area contributed by atoms with Crippen LogP contribution in [0.5, 0.6) is 0 Å². The topological polar surface area (TPSA) is 69.7 Å². The van der Waals surface area contributed by atoms with E-state index in [1.165, 1.54) is 26.9 Å². The Labute approximate surface area is 176 Å². The summed E-state index contributed by atoms with van der Waals surface area (Å²) in [5.74, 6) is -0.0442. The Balaban J connectivity index is 1.19. The number of piperidine rings is 1. The molecule has 156 valence electrons. The maximum Gasteiger partial charge on any atom is 0.252 e. The third kappa shape index (κ3) is 4.49. The van der Waals surface area contributed by atoms with Crippen LogP contribution in [0, 0.1) is 5.92 Å². The van der Waals surface area contributed by atoms with E-state index in [4.69, 9.17) is 0 Å². The minimum absolute atomic E-state index is 0.0555. The van der Waals surface area contributed by atoms with Crippen molar-refractivity contribution >= 4 is 33.0 Å². The van der Waals surface area contributed by atoms with Crippen molar-refractivity contribution in [2.45, 2.75) is 29.9 Å². The first-order valence-corrected chi connectivity index (χ1v) is 12.5. The van der Waals surface area contributed by atoms with Crippen LogP contribution in [0.4, 0.5) is 5.69 Å². The molecule has 8 heteroatoms. The third-order valence-electron chi connectivity index (χ3n) is 5.80. The molecule has 0 unspecified atom stereocenters. The lowest BCUT2D eigenvalue weighted by molar-refractivity contribution is -0.126. The average molecular weight is 434 g/mol. The van der Waals surface area contributed by atoms with Crippen LogP contribution < -0.4 is 10.2 Å². The zero-order chi connectivity index (χ0) is 20.3. The maximum absolute atomic E-state index is 12.6. The highest BCUT2D eigenvalue weighted by atomic mass is 32.2. The van der Waals surface area contributed by atoms with E-state index in [1.54, 1.807) is 17.5 Å². The number of fused-ring (bicyclic) bond motifs is 1. The summed E-state index contributed by atoms with van der Waals surface area (Å²) in [5.41, 5.74) is 2.72. The number of thiophene rings is 1. The fourth-order valence-electron chi connectivity index (χ4n) is 4.16. The fourth-order valence-corrected chi connectivity index (χ4v) is 6.77. The highest BCUT2D eigenvalue weighted by molar-refractivity contribution is 7.91. The van der Waals surface area contributed by atoms with E-state index >= 15 is 0 Å². The molecule has 0 spiro atoms. The van der Waals surface area contributed by atoms with Crippen molar-refractivity contribution in [3.8, 4) is 0 Å². The Morgan fingerprint density at radius 2 is 1.90 bits per heavy atom. The van der Waals surface area contributed by atoms with Gasteiger partial charge in [-0.1, -0.05) is 24.3 Å². The Morgan fingerprint density at radius 3 is 2.66 bits per heavy atom. The molecule has 0 saturated carbocycles. The molecule has 1 amide bonds. The van der Waals surface area contributed by atoms with E-state index < -0.39 is 10.0 Å². The number of nitrogens with zero attached hydrogens (tertiary/aromatic N) is 2. The summed E-state index contributed by atoms with van der Waals surface area (Å²) in [7, 11) is -3.41. The van der Waals surface area contributed by atoms with E-state index in [0.717, 1.165) is 25.9 Å². The smallest absolute Gasteiger partial charge is 0.252 e. The molecule has 2 aliphatic rings. The van der Waals surface area contributed by atoms with Crippen LogP contribution in [0.3, 0.4) is 0 Å². The molecule has 0 aliphatic carbocycles. The number of benzene rings is 1. The minimum Gasteiger partial charge on any atom is -0.371 e. The third-order valence-corrected chi connectivity index (χ3v) is 9.07. The van der Waals surface area contributed by atoms with Crippen molar-refractivity contribution in [2.75, 3.05) is 37.6 Å². The van der Waals surface area contributed by atoms with Crippen molar-refractivity contribution in [2.24, 2.45) is 5.92 Å². The lowest BCUT2D eigenvalue weighted by Crippen LogP contribution is -2.43. The number of carbonyl (C=O) groups is 1. The number of para-hydroxylation sites is 1. The molecule has 0 radical (unpaired) electrons. The summed E-state index contributed by atoms with van der Waals surface area (Å²) < 4.78 is 27.0. The van der Waals surface area contributed by atoms with Crippen molar-refractivity contribution in [3.05, 3.63) is 47.3 Å². The van der Waals surface area contributed by atoms with Crippen LogP contribution in [0.1, 0.15) is 24.8 Å². The van der Waals surface area contributed by atoms with Crippen LogP contribution in [-0.2, 0) is 21.2 Å². The molecule has 29 heavy (non-hydrogen) atoms. The lowest BCUT2D eigenvalue weighted by Gasteiger charge is -2.30. The second-order valence-corrected chi connectivity index (χ2v) is 10.7. The standard InChI is InChI=1S/C21H27N3O3S2/c25-21(22-11-4-12-23-13-8-17-5-1-2-6-19(17)23)18-9-14-24(15-10-18)29(26,27)20-7-3-16-28-20/h1-3,5-7,16,18H,4,8-15H2,(H,22,25). The van der Waals surface area contributed by atoms with Gasteiger partial charge in [0, 0.05) is 44.3 Å². The van der Waals surface area contributed by atoms with Crippen LogP contribution >= 0.6 is 11.3 Å². The summed E-state index contributed by atoms with van der Waals surface area (Å²) in [6, 6.07) is 11.9. The van der Waals surface area contributed by atoms with Gasteiger partial charge >= 0.3 is 0 Å². The molecule has 1 N–H and O–H groups in total. The first kappa shape index (κ1) is 20.4. The number of anilines is 1. The molecular formula is C21H27N3O3S2. The maximum atomic E-state index is 12.6. The van der Waals surface area contributed by atoms with Crippen molar-refractivity contribution in [1.82, 2.24) is 9.62 Å². The predicted molar refractivity (Wildman–Crippen MR) is 116 cm³/mol. The molecule has 1 fully saturated rings. The first-order chi connectivity index (χ1) is 14.1. The Morgan fingerprint density at radius 1 is 1.10 bits per heavy atom. The molecule has 0 bridgehead atoms. The summed E-state index contributed by atoms with van der Waals surface area (Å²) in [6.45, 7) is 3.45. The molecule has 6 nitrogen and oxygen atoms in total. The van der Waals surface area contributed by atoms with Gasteiger partial charge in [-0.15, -0.1) is 11.3 Å². The Bertz CT molecular complexity index is 936. The Hall–Kier alpha value is -1.90. The number of hydrogen-bond acceptors (Lipinski definition) is 5. The quantitative estimate of drug-likeness (QED) is 0.682. The fraction of sp³-hybridized carbons (Fsp3) is 0.476. The van der Waals surface area contributed by atoms with Crippen LogP contribution in [0.2, 0.25) is 0 Å². The summed E-state index contributed by atoms with van der Waals surface area (Å²) in [5, 5.41) is 4.82. The van der Waals surface area contributed by atoms with Crippen molar-refractivity contribution in [3.63, 3.8) is 0 Å². The predicted octanol–water partition coefficient (Wildman–Crippen LogP) is 2.72. The molecule has 1 saturated heterocycles. The SMILES string of the molecule is O=C(NCCCN1CCc2ccccc21)C1CCN(S(=O)(=O)c2cccs2)CC1. The zero-order valence-corrected chi connectivity index (χ0v) is 18.1. The normalized spacial score (nSPS) is 18.0. The van der Waals surface area contributed by atoms with Gasteiger partial charge in [0.2, 0.25) is 5.91 Å². The molecule has 3 heterocycles. The van der Waals surface area contributed by atoms with E-state index in [-0.39, 0.29) is 11.8 Å². The molecule has 1 aromatic heterocycles. The molecular weight excluding hydrogens is 406 g/mol. The monoisotopic (exact) mass is 433 g/mol. The van der Waals surface area contributed by atoms with E-state index in [9.17, 15) is 13.2 Å². The minimum atomic E-state index is -3.41. The van der Waals surface area contributed by atoms with Gasteiger partial charge < -0.3 is 10.2 Å². The zero-order valence-electron chi connectivity index (χ0n) is 16.4. The Kier molecular flexibility index (Phi) is 6.22. The van der Waals surface area contributed by atoms with E-state index in [2.05, 4.69) is 34.5 Å². The molecule has 2 aliphatic heterocycles. The van der Waals surface area contributed by atoms with Gasteiger partial charge in [0.05, 0.1) is 0 Å². The molecule has 0 atom stereocenters. The van der Waals surface area contributed by atoms with Crippen molar-refractivity contribution < 1.29 is 13.2 Å². The van der Waals surface area contributed by atoms with Gasteiger partial charge in [-0.3, -0.25) is 4.79 Å². The first-order valence-electron chi connectivity index (χ1n) is 10.2. The highest BCUT2D eigenvalue weighted by Gasteiger charge is 2.32. The second kappa shape index (κ2) is 8.85. The second-order valence-electron chi connectivity index (χ2n) is 7.62. The largest absolute Gasteiger partial charge is 0.371 e. The van der Waals surface area contributed by atoms with Gasteiger partial charge in [-0.25, -0.2) is 8.42 Å². The van der Waals surface area contributed by atoms with E-state index in [1.807, 2.05) is 0 Å². The highest BCUT2D eigenvalue weighted by Crippen LogP contribution is 2.28. The summed E-state index contributed by atoms with van der Waals surface area (Å²) >= 11 is 1.24. The molecule has 1 aromatic carbocycles. The van der Waals surface area contributed by atoms with Crippen LogP contribution in [0.15, 0.2) is 46.0 Å². The van der Waals surface area contributed by atoms with Gasteiger partial charge in [0.15, 0.2) is 0 Å². The molecule has 4 rings (SSSR count).